The number of carbonyl (C=O) groups excluding carboxylic acids is 2. The van der Waals surface area contributed by atoms with Crippen molar-refractivity contribution >= 4 is 12.3 Å². The number of rotatable bonds is 2. The first-order valence-corrected chi connectivity index (χ1v) is 3.18. The Balaban J connectivity index is 2.70. The number of hydrogen-bond donors (Lipinski definition) is 0. The molecule has 0 heterocycles. The van der Waals surface area contributed by atoms with Gasteiger partial charge in [-0.3, -0.25) is 0 Å². The fourth-order valence-electron chi connectivity index (χ4n) is 1.38. The molecule has 1 saturated carbocycles. The second-order valence-corrected chi connectivity index (χ2v) is 3.28. The summed E-state index contributed by atoms with van der Waals surface area (Å²) in [5.41, 5.74) is -0.374. The van der Waals surface area contributed by atoms with Crippen molar-refractivity contribution < 1.29 is 14.7 Å². The molecule has 0 aliphatic heterocycles. The van der Waals surface area contributed by atoms with Gasteiger partial charge in [0.15, 0.2) is 0 Å². The number of aldehydes is 1. The topological polar surface area (TPSA) is 57.2 Å². The normalized spacial score (nSPS) is 35.0. The van der Waals surface area contributed by atoms with Gasteiger partial charge >= 0.3 is 0 Å². The van der Waals surface area contributed by atoms with E-state index in [1.54, 1.807) is 13.8 Å². The van der Waals surface area contributed by atoms with Gasteiger partial charge in [0.2, 0.25) is 0 Å². The van der Waals surface area contributed by atoms with Gasteiger partial charge in [-0.25, -0.2) is 0 Å². The van der Waals surface area contributed by atoms with Crippen molar-refractivity contribution in [2.75, 3.05) is 0 Å². The molecule has 0 amide bonds. The van der Waals surface area contributed by atoms with Crippen molar-refractivity contribution in [1.82, 2.24) is 0 Å². The second kappa shape index (κ2) is 1.81. The quantitative estimate of drug-likeness (QED) is 0.473. The average Bonchev–Trinajstić information content (AvgIpc) is 2.33. The first kappa shape index (κ1) is 7.25. The third kappa shape index (κ3) is 0.735. The SMILES string of the molecule is CC1(C)[C@H](C(=O)[O-])[C@@H]1C=O. The fourth-order valence-corrected chi connectivity index (χ4v) is 1.38. The molecule has 1 fully saturated rings. The third-order valence-electron chi connectivity index (χ3n) is 2.31. The fraction of sp³-hybridized carbons (Fsp3) is 0.714. The number of aliphatic carboxylic acids is 1. The minimum atomic E-state index is -1.11. The molecule has 0 aromatic rings. The molecule has 0 aromatic carbocycles. The van der Waals surface area contributed by atoms with Gasteiger partial charge in [0, 0.05) is 17.8 Å². The molecule has 3 heteroatoms. The maximum atomic E-state index is 10.3. The molecule has 56 valence electrons. The van der Waals surface area contributed by atoms with Gasteiger partial charge in [-0.05, 0) is 5.41 Å². The molecule has 0 bridgehead atoms. The molecule has 0 unspecified atom stereocenters. The first-order chi connectivity index (χ1) is 4.51. The van der Waals surface area contributed by atoms with E-state index in [1.165, 1.54) is 0 Å². The van der Waals surface area contributed by atoms with E-state index in [-0.39, 0.29) is 11.3 Å². The van der Waals surface area contributed by atoms with Crippen LogP contribution >= 0.6 is 0 Å². The summed E-state index contributed by atoms with van der Waals surface area (Å²) < 4.78 is 0. The lowest BCUT2D eigenvalue weighted by Gasteiger charge is -2.00. The Hall–Kier alpha value is -0.860. The molecule has 2 atom stereocenters. The number of hydrogen-bond acceptors (Lipinski definition) is 3. The summed E-state index contributed by atoms with van der Waals surface area (Å²) in [4.78, 5) is 20.5. The van der Waals surface area contributed by atoms with Crippen LogP contribution in [0.3, 0.4) is 0 Å². The van der Waals surface area contributed by atoms with Crippen molar-refractivity contribution in [3.8, 4) is 0 Å². The van der Waals surface area contributed by atoms with Crippen LogP contribution in [0.1, 0.15) is 13.8 Å². The summed E-state index contributed by atoms with van der Waals surface area (Å²) in [6.07, 6.45) is 0.695. The smallest absolute Gasteiger partial charge is 0.124 e. The van der Waals surface area contributed by atoms with E-state index < -0.39 is 11.9 Å². The van der Waals surface area contributed by atoms with Crippen molar-refractivity contribution in [2.45, 2.75) is 13.8 Å². The van der Waals surface area contributed by atoms with Crippen LogP contribution in [0.25, 0.3) is 0 Å². The summed E-state index contributed by atoms with van der Waals surface area (Å²) in [5.74, 6) is -2.01. The highest BCUT2D eigenvalue weighted by atomic mass is 16.4. The van der Waals surface area contributed by atoms with Crippen LogP contribution in [-0.4, -0.2) is 12.3 Å². The zero-order valence-electron chi connectivity index (χ0n) is 5.96. The van der Waals surface area contributed by atoms with E-state index in [4.69, 9.17) is 0 Å². The van der Waals surface area contributed by atoms with Crippen molar-refractivity contribution in [2.24, 2.45) is 17.3 Å². The van der Waals surface area contributed by atoms with Crippen LogP contribution in [0, 0.1) is 17.3 Å². The van der Waals surface area contributed by atoms with E-state index >= 15 is 0 Å². The molecular formula is C7H9O3-. The monoisotopic (exact) mass is 141 g/mol. The lowest BCUT2D eigenvalue weighted by molar-refractivity contribution is -0.309. The molecule has 0 radical (unpaired) electrons. The zero-order valence-corrected chi connectivity index (χ0v) is 5.96. The first-order valence-electron chi connectivity index (χ1n) is 3.18. The molecule has 0 saturated heterocycles. The van der Waals surface area contributed by atoms with E-state index in [9.17, 15) is 14.7 Å². The molecule has 0 aromatic heterocycles. The summed E-state index contributed by atoms with van der Waals surface area (Å²) in [7, 11) is 0. The van der Waals surface area contributed by atoms with Crippen molar-refractivity contribution in [3.63, 3.8) is 0 Å². The Labute approximate surface area is 59.0 Å². The summed E-state index contributed by atoms with van der Waals surface area (Å²) >= 11 is 0. The Kier molecular flexibility index (Phi) is 1.31. The molecule has 3 nitrogen and oxygen atoms in total. The highest BCUT2D eigenvalue weighted by Crippen LogP contribution is 2.56. The minimum Gasteiger partial charge on any atom is -0.550 e. The van der Waals surface area contributed by atoms with Crippen LogP contribution in [0.5, 0.6) is 0 Å². The van der Waals surface area contributed by atoms with Crippen molar-refractivity contribution in [1.29, 1.82) is 0 Å². The molecule has 10 heavy (non-hydrogen) atoms. The summed E-state index contributed by atoms with van der Waals surface area (Å²) in [6.45, 7) is 3.51. The average molecular weight is 141 g/mol. The highest BCUT2D eigenvalue weighted by molar-refractivity contribution is 5.81. The second-order valence-electron chi connectivity index (χ2n) is 3.28. The van der Waals surface area contributed by atoms with Gasteiger partial charge in [0.25, 0.3) is 0 Å². The molecular weight excluding hydrogens is 132 g/mol. The van der Waals surface area contributed by atoms with Crippen LogP contribution in [0.15, 0.2) is 0 Å². The maximum absolute atomic E-state index is 10.3. The molecule has 1 aliphatic rings. The number of carboxylic acids is 1. The Morgan fingerprint density at radius 1 is 1.60 bits per heavy atom. The van der Waals surface area contributed by atoms with Crippen LogP contribution < -0.4 is 5.11 Å². The maximum Gasteiger partial charge on any atom is 0.124 e. The number of carbonyl (C=O) groups is 2. The predicted octanol–water partition coefficient (Wildman–Crippen LogP) is -0.793. The molecule has 1 rings (SSSR count). The Morgan fingerprint density at radius 2 is 2.10 bits per heavy atom. The van der Waals surface area contributed by atoms with E-state index in [1.807, 2.05) is 0 Å². The highest BCUT2D eigenvalue weighted by Gasteiger charge is 2.58. The van der Waals surface area contributed by atoms with Crippen LogP contribution in [-0.2, 0) is 9.59 Å². The van der Waals surface area contributed by atoms with Gasteiger partial charge in [-0.2, -0.15) is 0 Å². The molecule has 0 spiro atoms. The van der Waals surface area contributed by atoms with E-state index in [0.29, 0.717) is 6.29 Å². The van der Waals surface area contributed by atoms with Crippen LogP contribution in [0.2, 0.25) is 0 Å². The Morgan fingerprint density at radius 3 is 2.20 bits per heavy atom. The molecule has 0 N–H and O–H groups in total. The van der Waals surface area contributed by atoms with Gasteiger partial charge in [0.1, 0.15) is 6.29 Å². The van der Waals surface area contributed by atoms with E-state index in [2.05, 4.69) is 0 Å². The zero-order chi connectivity index (χ0) is 7.94. The lowest BCUT2D eigenvalue weighted by atomic mass is 10.1. The van der Waals surface area contributed by atoms with Gasteiger partial charge in [-0.1, -0.05) is 13.8 Å². The van der Waals surface area contributed by atoms with E-state index in [0.717, 1.165) is 0 Å². The van der Waals surface area contributed by atoms with Gasteiger partial charge in [0.05, 0.1) is 0 Å². The third-order valence-corrected chi connectivity index (χ3v) is 2.31. The Bertz CT molecular complexity index is 183. The molecule has 1 aliphatic carbocycles. The standard InChI is InChI=1S/C7H10O3/c1-7(2)4(3-8)5(7)6(9)10/h3-5H,1-2H3,(H,9,10)/p-1/t4-,5-/m0/s1. The summed E-state index contributed by atoms with van der Waals surface area (Å²) in [5, 5.41) is 10.3. The number of carboxylic acid groups (broad SMARTS) is 1. The van der Waals surface area contributed by atoms with Gasteiger partial charge < -0.3 is 14.7 Å². The largest absolute Gasteiger partial charge is 0.550 e. The van der Waals surface area contributed by atoms with Crippen molar-refractivity contribution in [3.05, 3.63) is 0 Å². The minimum absolute atomic E-state index is 0.336. The van der Waals surface area contributed by atoms with Crippen LogP contribution in [0.4, 0.5) is 0 Å². The lowest BCUT2D eigenvalue weighted by Crippen LogP contribution is -2.26. The summed E-state index contributed by atoms with van der Waals surface area (Å²) in [6, 6.07) is 0. The predicted molar refractivity (Wildman–Crippen MR) is 31.8 cm³/mol. The van der Waals surface area contributed by atoms with Gasteiger partial charge in [-0.15, -0.1) is 0 Å².